The molecule has 2 N–H and O–H groups in total. The van der Waals surface area contributed by atoms with Gasteiger partial charge >= 0.3 is 0 Å². The first-order chi connectivity index (χ1) is 8.40. The smallest absolute Gasteiger partial charge is 0.0718 e. The molecule has 4 heteroatoms. The van der Waals surface area contributed by atoms with Crippen LogP contribution in [0, 0.1) is 11.8 Å². The lowest BCUT2D eigenvalue weighted by Crippen LogP contribution is -2.35. The third kappa shape index (κ3) is 6.18. The predicted octanol–water partition coefficient (Wildman–Crippen LogP) is 1.68. The second kappa shape index (κ2) is 6.91. The molecule has 0 atom stereocenters. The van der Waals surface area contributed by atoms with Crippen molar-refractivity contribution in [3.05, 3.63) is 21.9 Å². The van der Waals surface area contributed by atoms with Crippen LogP contribution in [0.1, 0.15) is 30.7 Å². The minimum Gasteiger partial charge on any atom is -0.395 e. The van der Waals surface area contributed by atoms with Gasteiger partial charge in [0, 0.05) is 35.3 Å². The van der Waals surface area contributed by atoms with E-state index < -0.39 is 5.60 Å². The Labute approximate surface area is 113 Å². The Hall–Kier alpha value is -0.860. The molecule has 3 nitrogen and oxygen atoms in total. The zero-order valence-corrected chi connectivity index (χ0v) is 12.0. The first-order valence-electron chi connectivity index (χ1n) is 5.99. The maximum atomic E-state index is 9.73. The SMILES string of the molecule is CN(Cc1cc(C#CCCO)cs1)CC(C)(C)O. The highest BCUT2D eigenvalue weighted by Crippen LogP contribution is 2.16. The number of aliphatic hydroxyl groups excluding tert-OH is 1. The van der Waals surface area contributed by atoms with E-state index in [1.54, 1.807) is 11.3 Å². The molecule has 0 aliphatic heterocycles. The third-order valence-electron chi connectivity index (χ3n) is 2.21. The van der Waals surface area contributed by atoms with Gasteiger partial charge in [-0.15, -0.1) is 11.3 Å². The van der Waals surface area contributed by atoms with Crippen molar-refractivity contribution in [2.45, 2.75) is 32.4 Å². The number of likely N-dealkylation sites (N-methyl/N-ethyl adjacent to an activating group) is 1. The molecule has 18 heavy (non-hydrogen) atoms. The van der Waals surface area contributed by atoms with Crippen LogP contribution in [0.15, 0.2) is 11.4 Å². The molecule has 100 valence electrons. The van der Waals surface area contributed by atoms with Crippen LogP contribution in [0.25, 0.3) is 0 Å². The van der Waals surface area contributed by atoms with Gasteiger partial charge in [-0.2, -0.15) is 0 Å². The first kappa shape index (κ1) is 15.2. The van der Waals surface area contributed by atoms with Crippen molar-refractivity contribution in [3.8, 4) is 11.8 Å². The molecule has 0 aliphatic carbocycles. The molecule has 0 bridgehead atoms. The van der Waals surface area contributed by atoms with Crippen molar-refractivity contribution >= 4 is 11.3 Å². The fraction of sp³-hybridized carbons (Fsp3) is 0.571. The van der Waals surface area contributed by atoms with Crippen molar-refractivity contribution in [2.75, 3.05) is 20.2 Å². The van der Waals surface area contributed by atoms with Crippen molar-refractivity contribution < 1.29 is 10.2 Å². The van der Waals surface area contributed by atoms with E-state index >= 15 is 0 Å². The summed E-state index contributed by atoms with van der Waals surface area (Å²) >= 11 is 1.67. The van der Waals surface area contributed by atoms with Crippen molar-refractivity contribution in [1.29, 1.82) is 0 Å². The summed E-state index contributed by atoms with van der Waals surface area (Å²) in [4.78, 5) is 3.33. The highest BCUT2D eigenvalue weighted by molar-refractivity contribution is 7.10. The van der Waals surface area contributed by atoms with Crippen molar-refractivity contribution in [2.24, 2.45) is 0 Å². The van der Waals surface area contributed by atoms with Crippen LogP contribution < -0.4 is 0 Å². The number of hydrogen-bond donors (Lipinski definition) is 2. The van der Waals surface area contributed by atoms with Gasteiger partial charge in [-0.25, -0.2) is 0 Å². The molecule has 0 saturated heterocycles. The zero-order chi connectivity index (χ0) is 13.6. The van der Waals surface area contributed by atoms with E-state index in [2.05, 4.69) is 22.8 Å². The van der Waals surface area contributed by atoms with Crippen LogP contribution in [0.4, 0.5) is 0 Å². The molecule has 0 unspecified atom stereocenters. The molecule has 1 aromatic rings. The number of rotatable bonds is 5. The van der Waals surface area contributed by atoms with E-state index in [1.165, 1.54) is 4.88 Å². The average Bonchev–Trinajstić information content (AvgIpc) is 2.63. The van der Waals surface area contributed by atoms with Crippen molar-refractivity contribution in [3.63, 3.8) is 0 Å². The van der Waals surface area contributed by atoms with E-state index in [0.29, 0.717) is 13.0 Å². The van der Waals surface area contributed by atoms with Crippen LogP contribution in [0.2, 0.25) is 0 Å². The van der Waals surface area contributed by atoms with Gasteiger partial charge in [0.05, 0.1) is 12.2 Å². The van der Waals surface area contributed by atoms with Gasteiger partial charge < -0.3 is 10.2 Å². The Bertz CT molecular complexity index is 423. The quantitative estimate of drug-likeness (QED) is 0.798. The maximum absolute atomic E-state index is 9.73. The lowest BCUT2D eigenvalue weighted by Gasteiger charge is -2.24. The van der Waals surface area contributed by atoms with Gasteiger partial charge in [0.25, 0.3) is 0 Å². The Morgan fingerprint density at radius 1 is 1.44 bits per heavy atom. The summed E-state index contributed by atoms with van der Waals surface area (Å²) in [7, 11) is 1.99. The normalized spacial score (nSPS) is 11.4. The second-order valence-electron chi connectivity index (χ2n) is 5.06. The summed E-state index contributed by atoms with van der Waals surface area (Å²) in [6, 6.07) is 2.07. The van der Waals surface area contributed by atoms with Gasteiger partial charge in [0.1, 0.15) is 0 Å². The van der Waals surface area contributed by atoms with Gasteiger partial charge in [-0.3, -0.25) is 4.90 Å². The summed E-state index contributed by atoms with van der Waals surface area (Å²) in [5.74, 6) is 5.93. The van der Waals surface area contributed by atoms with Crippen LogP contribution in [0.5, 0.6) is 0 Å². The minimum atomic E-state index is -0.671. The molecule has 0 amide bonds. The van der Waals surface area contributed by atoms with Crippen molar-refractivity contribution in [1.82, 2.24) is 4.90 Å². The largest absolute Gasteiger partial charge is 0.395 e. The Morgan fingerprint density at radius 2 is 2.17 bits per heavy atom. The molecule has 0 fully saturated rings. The molecule has 1 rings (SSSR count). The Balaban J connectivity index is 2.52. The number of thiophene rings is 1. The van der Waals surface area contributed by atoms with Gasteiger partial charge in [-0.05, 0) is 27.0 Å². The molecular weight excluding hydrogens is 246 g/mol. The van der Waals surface area contributed by atoms with Crippen LogP contribution in [-0.4, -0.2) is 40.9 Å². The number of aliphatic hydroxyl groups is 2. The average molecular weight is 267 g/mol. The Kier molecular flexibility index (Phi) is 5.83. The second-order valence-corrected chi connectivity index (χ2v) is 6.06. The first-order valence-corrected chi connectivity index (χ1v) is 6.87. The van der Waals surface area contributed by atoms with Gasteiger partial charge in [0.2, 0.25) is 0 Å². The molecular formula is C14H21NO2S. The monoisotopic (exact) mass is 267 g/mol. The van der Waals surface area contributed by atoms with E-state index in [4.69, 9.17) is 5.11 Å². The van der Waals surface area contributed by atoms with E-state index in [9.17, 15) is 5.11 Å². The fourth-order valence-corrected chi connectivity index (χ4v) is 2.63. The molecule has 0 spiro atoms. The van der Waals surface area contributed by atoms with Gasteiger partial charge in [0.15, 0.2) is 0 Å². The lowest BCUT2D eigenvalue weighted by atomic mass is 10.1. The number of hydrogen-bond acceptors (Lipinski definition) is 4. The molecule has 0 aromatic carbocycles. The third-order valence-corrected chi connectivity index (χ3v) is 3.13. The Morgan fingerprint density at radius 3 is 2.78 bits per heavy atom. The van der Waals surface area contributed by atoms with Gasteiger partial charge in [-0.1, -0.05) is 11.8 Å². The maximum Gasteiger partial charge on any atom is 0.0718 e. The highest BCUT2D eigenvalue weighted by Gasteiger charge is 2.15. The summed E-state index contributed by atoms with van der Waals surface area (Å²) in [6.07, 6.45) is 0.518. The molecule has 0 aliphatic rings. The summed E-state index contributed by atoms with van der Waals surface area (Å²) in [5.41, 5.74) is 0.329. The summed E-state index contributed by atoms with van der Waals surface area (Å²) in [6.45, 7) is 5.18. The van der Waals surface area contributed by atoms with Crippen LogP contribution in [0.3, 0.4) is 0 Å². The highest BCUT2D eigenvalue weighted by atomic mass is 32.1. The van der Waals surface area contributed by atoms with E-state index in [0.717, 1.165) is 12.1 Å². The standard InChI is InChI=1S/C14H21NO2S/c1-14(2,17)11-15(3)9-13-8-12(10-18-13)6-4-5-7-16/h8,10,16-17H,5,7,9,11H2,1-3H3. The fourth-order valence-electron chi connectivity index (χ4n) is 1.73. The zero-order valence-electron chi connectivity index (χ0n) is 11.2. The lowest BCUT2D eigenvalue weighted by molar-refractivity contribution is 0.0427. The minimum absolute atomic E-state index is 0.109. The molecule has 1 aromatic heterocycles. The number of nitrogens with zero attached hydrogens (tertiary/aromatic N) is 1. The molecule has 0 radical (unpaired) electrons. The summed E-state index contributed by atoms with van der Waals surface area (Å²) in [5, 5.41) is 20.4. The molecule has 0 saturated carbocycles. The summed E-state index contributed by atoms with van der Waals surface area (Å²) < 4.78 is 0. The predicted molar refractivity (Wildman–Crippen MR) is 75.5 cm³/mol. The van der Waals surface area contributed by atoms with Crippen LogP contribution >= 0.6 is 11.3 Å². The topological polar surface area (TPSA) is 43.7 Å². The van der Waals surface area contributed by atoms with Crippen LogP contribution in [-0.2, 0) is 6.54 Å². The van der Waals surface area contributed by atoms with E-state index in [1.807, 2.05) is 26.3 Å². The van der Waals surface area contributed by atoms with E-state index in [-0.39, 0.29) is 6.61 Å². The molecule has 1 heterocycles.